The molecule has 0 aliphatic carbocycles. The Balaban J connectivity index is 1.45. The molecule has 2 aliphatic heterocycles. The third-order valence-electron chi connectivity index (χ3n) is 5.22. The summed E-state index contributed by atoms with van der Waals surface area (Å²) in [7, 11) is -3.10. The zero-order valence-corrected chi connectivity index (χ0v) is 16.3. The highest BCUT2D eigenvalue weighted by Gasteiger charge is 2.30. The van der Waals surface area contributed by atoms with E-state index in [-0.39, 0.29) is 18.1 Å². The van der Waals surface area contributed by atoms with Crippen molar-refractivity contribution in [3.63, 3.8) is 0 Å². The van der Waals surface area contributed by atoms with Crippen LogP contribution in [-0.2, 0) is 21.3 Å². The van der Waals surface area contributed by atoms with Crippen LogP contribution in [-0.4, -0.2) is 78.0 Å². The molecule has 3 rings (SSSR count). The van der Waals surface area contributed by atoms with Crippen molar-refractivity contribution in [3.05, 3.63) is 18.0 Å². The van der Waals surface area contributed by atoms with E-state index < -0.39 is 10.0 Å². The van der Waals surface area contributed by atoms with Gasteiger partial charge < -0.3 is 9.64 Å². The Morgan fingerprint density at radius 2 is 1.73 bits per heavy atom. The number of nitrogens with zero attached hydrogens (tertiary/aromatic N) is 4. The summed E-state index contributed by atoms with van der Waals surface area (Å²) in [6, 6.07) is 1.77. The highest BCUT2D eigenvalue weighted by atomic mass is 32.2. The van der Waals surface area contributed by atoms with Crippen molar-refractivity contribution in [3.8, 4) is 0 Å². The van der Waals surface area contributed by atoms with E-state index in [0.29, 0.717) is 38.4 Å². The van der Waals surface area contributed by atoms with Crippen LogP contribution in [0.5, 0.6) is 0 Å². The number of hydrogen-bond donors (Lipinski definition) is 0. The highest BCUT2D eigenvalue weighted by Crippen LogP contribution is 2.22. The van der Waals surface area contributed by atoms with E-state index >= 15 is 0 Å². The molecule has 3 heterocycles. The third-order valence-corrected chi connectivity index (χ3v) is 6.52. The quantitative estimate of drug-likeness (QED) is 0.755. The van der Waals surface area contributed by atoms with Gasteiger partial charge in [-0.25, -0.2) is 12.7 Å². The fourth-order valence-corrected chi connectivity index (χ4v) is 4.57. The Kier molecular flexibility index (Phi) is 5.99. The minimum Gasteiger partial charge on any atom is -0.375 e. The lowest BCUT2D eigenvalue weighted by Gasteiger charge is -2.36. The maximum absolute atomic E-state index is 12.6. The van der Waals surface area contributed by atoms with Crippen LogP contribution in [0.2, 0.25) is 0 Å². The van der Waals surface area contributed by atoms with Gasteiger partial charge >= 0.3 is 0 Å². The largest absolute Gasteiger partial charge is 0.375 e. The molecule has 146 valence electrons. The second-order valence-electron chi connectivity index (χ2n) is 7.02. The second kappa shape index (κ2) is 8.06. The van der Waals surface area contributed by atoms with Crippen LogP contribution in [0.4, 0.5) is 0 Å². The summed E-state index contributed by atoms with van der Waals surface area (Å²) in [5.41, 5.74) is 0.639. The minimum absolute atomic E-state index is 0.0317. The molecular weight excluding hydrogens is 356 g/mol. The van der Waals surface area contributed by atoms with Crippen LogP contribution in [0.3, 0.4) is 0 Å². The fourth-order valence-electron chi connectivity index (χ4n) is 3.70. The van der Waals surface area contributed by atoms with Gasteiger partial charge in [0.05, 0.1) is 18.5 Å². The first-order chi connectivity index (χ1) is 12.4. The number of amides is 1. The van der Waals surface area contributed by atoms with Crippen molar-refractivity contribution >= 4 is 15.9 Å². The number of carbonyl (C=O) groups is 1. The van der Waals surface area contributed by atoms with Gasteiger partial charge in [0.25, 0.3) is 5.91 Å². The Hall–Kier alpha value is -1.45. The number of ether oxygens (including phenoxy) is 1. The molecule has 2 fully saturated rings. The summed E-state index contributed by atoms with van der Waals surface area (Å²) >= 11 is 0. The Labute approximate surface area is 155 Å². The van der Waals surface area contributed by atoms with Gasteiger partial charge in [-0.15, -0.1) is 0 Å². The molecule has 0 N–H and O–H groups in total. The van der Waals surface area contributed by atoms with Crippen molar-refractivity contribution in [1.82, 2.24) is 19.0 Å². The molecule has 0 spiro atoms. The van der Waals surface area contributed by atoms with Crippen LogP contribution >= 0.6 is 0 Å². The molecule has 1 aromatic heterocycles. The number of piperidine rings is 2. The lowest BCUT2D eigenvalue weighted by Crippen LogP contribution is -2.45. The average molecular weight is 385 g/mol. The topological polar surface area (TPSA) is 84.7 Å². The summed E-state index contributed by atoms with van der Waals surface area (Å²) in [5, 5.41) is 4.16. The fraction of sp³-hybridized carbons (Fsp3) is 0.765. The molecule has 0 saturated carbocycles. The minimum atomic E-state index is -3.10. The SMILES string of the molecule is CCn1nccc1C(=O)N1CCC(OC2CCN(S(C)(=O)=O)CC2)CC1. The van der Waals surface area contributed by atoms with Crippen LogP contribution < -0.4 is 0 Å². The molecule has 8 nitrogen and oxygen atoms in total. The van der Waals surface area contributed by atoms with E-state index in [4.69, 9.17) is 4.74 Å². The molecule has 0 bridgehead atoms. The molecule has 2 saturated heterocycles. The molecule has 9 heteroatoms. The van der Waals surface area contributed by atoms with E-state index in [9.17, 15) is 13.2 Å². The molecule has 0 aromatic carbocycles. The number of hydrogen-bond acceptors (Lipinski definition) is 5. The van der Waals surface area contributed by atoms with Crippen molar-refractivity contribution < 1.29 is 17.9 Å². The molecule has 0 radical (unpaired) electrons. The lowest BCUT2D eigenvalue weighted by atomic mass is 10.1. The van der Waals surface area contributed by atoms with Gasteiger partial charge in [0.1, 0.15) is 5.69 Å². The van der Waals surface area contributed by atoms with Gasteiger partial charge in [-0.05, 0) is 38.7 Å². The van der Waals surface area contributed by atoms with Crippen LogP contribution in [0.25, 0.3) is 0 Å². The van der Waals surface area contributed by atoms with E-state index in [1.165, 1.54) is 10.6 Å². The number of carbonyl (C=O) groups excluding carboxylic acids is 1. The highest BCUT2D eigenvalue weighted by molar-refractivity contribution is 7.88. The summed E-state index contributed by atoms with van der Waals surface area (Å²) in [6.45, 7) is 5.07. The van der Waals surface area contributed by atoms with Crippen LogP contribution in [0.15, 0.2) is 12.3 Å². The molecule has 0 atom stereocenters. The summed E-state index contributed by atoms with van der Waals surface area (Å²) in [5.74, 6) is 0.0317. The molecule has 0 unspecified atom stereocenters. The molecule has 1 amide bonds. The van der Waals surface area contributed by atoms with Crippen LogP contribution in [0.1, 0.15) is 43.1 Å². The van der Waals surface area contributed by atoms with Gasteiger partial charge in [-0.1, -0.05) is 0 Å². The molecule has 26 heavy (non-hydrogen) atoms. The Morgan fingerprint density at radius 3 is 2.27 bits per heavy atom. The predicted octanol–water partition coefficient (Wildman–Crippen LogP) is 0.948. The van der Waals surface area contributed by atoms with Crippen LogP contribution in [0, 0.1) is 0 Å². The average Bonchev–Trinajstić information content (AvgIpc) is 3.10. The van der Waals surface area contributed by atoms with E-state index in [1.54, 1.807) is 16.9 Å². The molecular formula is C17H28N4O4S. The standard InChI is InChI=1S/C17H28N4O4S/c1-3-21-16(4-9-18-21)17(22)19-10-5-14(6-11-19)25-15-7-12-20(13-8-15)26(2,23)24/h4,9,14-15H,3,5-8,10-13H2,1-2H3. The van der Waals surface area contributed by atoms with E-state index in [1.807, 2.05) is 11.8 Å². The van der Waals surface area contributed by atoms with Crippen molar-refractivity contribution in [2.45, 2.75) is 51.4 Å². The zero-order valence-electron chi connectivity index (χ0n) is 15.5. The number of rotatable bonds is 5. The Bertz CT molecular complexity index is 717. The smallest absolute Gasteiger partial charge is 0.272 e. The van der Waals surface area contributed by atoms with Crippen molar-refractivity contribution in [2.75, 3.05) is 32.4 Å². The first-order valence-corrected chi connectivity index (χ1v) is 11.1. The van der Waals surface area contributed by atoms with Gasteiger partial charge in [0.15, 0.2) is 0 Å². The molecule has 2 aliphatic rings. The lowest BCUT2D eigenvalue weighted by molar-refractivity contribution is -0.0558. The van der Waals surface area contributed by atoms with E-state index in [2.05, 4.69) is 5.10 Å². The zero-order chi connectivity index (χ0) is 18.7. The van der Waals surface area contributed by atoms with Gasteiger partial charge in [-0.3, -0.25) is 9.48 Å². The van der Waals surface area contributed by atoms with Gasteiger partial charge in [0, 0.05) is 38.9 Å². The number of sulfonamides is 1. The van der Waals surface area contributed by atoms with Crippen molar-refractivity contribution in [1.29, 1.82) is 0 Å². The normalized spacial score (nSPS) is 21.2. The monoisotopic (exact) mass is 384 g/mol. The summed E-state index contributed by atoms with van der Waals surface area (Å²) < 4.78 is 32.6. The molecule has 1 aromatic rings. The summed E-state index contributed by atoms with van der Waals surface area (Å²) in [4.78, 5) is 14.5. The van der Waals surface area contributed by atoms with Gasteiger partial charge in [0.2, 0.25) is 10.0 Å². The maximum Gasteiger partial charge on any atom is 0.272 e. The van der Waals surface area contributed by atoms with Gasteiger partial charge in [-0.2, -0.15) is 5.10 Å². The number of aryl methyl sites for hydroxylation is 1. The maximum atomic E-state index is 12.6. The second-order valence-corrected chi connectivity index (χ2v) is 9.00. The number of aromatic nitrogens is 2. The Morgan fingerprint density at radius 1 is 1.15 bits per heavy atom. The first kappa shape index (κ1) is 19.3. The third kappa shape index (κ3) is 4.44. The van der Waals surface area contributed by atoms with E-state index in [0.717, 1.165) is 25.7 Å². The first-order valence-electron chi connectivity index (χ1n) is 9.30. The number of likely N-dealkylation sites (tertiary alicyclic amines) is 1. The predicted molar refractivity (Wildman–Crippen MR) is 97.4 cm³/mol. The van der Waals surface area contributed by atoms with Crippen molar-refractivity contribution in [2.24, 2.45) is 0 Å². The summed E-state index contributed by atoms with van der Waals surface area (Å²) in [6.07, 6.45) is 6.29.